The smallest absolute Gasteiger partial charge is 0.360 e. The average Bonchev–Trinajstić information content (AvgIpc) is 2.25. The highest BCUT2D eigenvalue weighted by atomic mass is 19.4. The van der Waals surface area contributed by atoms with Gasteiger partial charge in [0, 0.05) is 17.3 Å². The molecule has 0 aliphatic carbocycles. The molecule has 1 rings (SSSR count). The van der Waals surface area contributed by atoms with E-state index in [4.69, 9.17) is 0 Å². The number of alkyl halides is 3. The van der Waals surface area contributed by atoms with E-state index in [1.54, 1.807) is 13.8 Å². The zero-order valence-corrected chi connectivity index (χ0v) is 9.66. The topological polar surface area (TPSA) is 20.3 Å². The van der Waals surface area contributed by atoms with Gasteiger partial charge >= 0.3 is 6.18 Å². The van der Waals surface area contributed by atoms with Gasteiger partial charge < -0.3 is 4.90 Å². The Morgan fingerprint density at radius 3 is 2.12 bits per heavy atom. The largest absolute Gasteiger partial charge is 0.405 e. The maximum atomic E-state index is 12.4. The molecule has 17 heavy (non-hydrogen) atoms. The van der Waals surface area contributed by atoms with Crippen molar-refractivity contribution in [2.24, 2.45) is 0 Å². The summed E-state index contributed by atoms with van der Waals surface area (Å²) in [6, 6.07) is 5.80. The fraction of sp³-hybridized carbons (Fsp3) is 0.417. The van der Waals surface area contributed by atoms with Gasteiger partial charge in [0.2, 0.25) is 0 Å². The zero-order valence-electron chi connectivity index (χ0n) is 9.66. The van der Waals surface area contributed by atoms with Crippen LogP contribution in [-0.4, -0.2) is 25.0 Å². The van der Waals surface area contributed by atoms with Crippen LogP contribution < -0.4 is 4.90 Å². The molecule has 0 aliphatic rings. The minimum atomic E-state index is -4.24. The lowest BCUT2D eigenvalue weighted by Gasteiger charge is -2.29. The van der Waals surface area contributed by atoms with Gasteiger partial charge in [-0.25, -0.2) is 0 Å². The summed E-state index contributed by atoms with van der Waals surface area (Å²) < 4.78 is 37.2. The highest BCUT2D eigenvalue weighted by Crippen LogP contribution is 2.24. The first-order chi connectivity index (χ1) is 7.83. The van der Waals surface area contributed by atoms with Gasteiger partial charge in [-0.15, -0.1) is 0 Å². The molecule has 1 aromatic carbocycles. The lowest BCUT2D eigenvalue weighted by molar-refractivity contribution is -0.120. The minimum absolute atomic E-state index is 0.265. The summed E-state index contributed by atoms with van der Waals surface area (Å²) in [7, 11) is 0. The second-order valence-corrected chi connectivity index (χ2v) is 4.05. The van der Waals surface area contributed by atoms with Crippen molar-refractivity contribution in [1.82, 2.24) is 0 Å². The van der Waals surface area contributed by atoms with E-state index in [9.17, 15) is 18.0 Å². The number of hydrogen-bond donors (Lipinski definition) is 0. The van der Waals surface area contributed by atoms with Crippen molar-refractivity contribution in [3.8, 4) is 0 Å². The molecule has 0 heterocycles. The average molecular weight is 245 g/mol. The molecule has 0 fully saturated rings. The molecule has 2 nitrogen and oxygen atoms in total. The van der Waals surface area contributed by atoms with Crippen LogP contribution in [-0.2, 0) is 0 Å². The van der Waals surface area contributed by atoms with Gasteiger partial charge in [0.15, 0.2) is 0 Å². The van der Waals surface area contributed by atoms with Crippen LogP contribution in [0.4, 0.5) is 18.9 Å². The molecule has 0 aliphatic heterocycles. The van der Waals surface area contributed by atoms with Crippen molar-refractivity contribution in [3.63, 3.8) is 0 Å². The molecule has 0 bridgehead atoms. The van der Waals surface area contributed by atoms with E-state index < -0.39 is 12.7 Å². The van der Waals surface area contributed by atoms with E-state index in [1.807, 2.05) is 0 Å². The van der Waals surface area contributed by atoms with E-state index in [0.29, 0.717) is 17.5 Å². The van der Waals surface area contributed by atoms with E-state index in [2.05, 4.69) is 0 Å². The van der Waals surface area contributed by atoms with Crippen molar-refractivity contribution in [3.05, 3.63) is 29.8 Å². The van der Waals surface area contributed by atoms with Gasteiger partial charge in [-0.3, -0.25) is 4.79 Å². The van der Waals surface area contributed by atoms with Gasteiger partial charge in [0.25, 0.3) is 0 Å². The molecule has 1 aromatic rings. The molecule has 0 saturated carbocycles. The molecular formula is C12H14F3NO. The fourth-order valence-electron chi connectivity index (χ4n) is 1.51. The molecule has 94 valence electrons. The van der Waals surface area contributed by atoms with Crippen LogP contribution in [0.15, 0.2) is 24.3 Å². The number of carbonyl (C=O) groups is 1. The molecule has 0 unspecified atom stereocenters. The van der Waals surface area contributed by atoms with Crippen molar-refractivity contribution >= 4 is 12.0 Å². The van der Waals surface area contributed by atoms with Gasteiger partial charge in [0.05, 0.1) is 0 Å². The highest BCUT2D eigenvalue weighted by Gasteiger charge is 2.31. The molecule has 0 amide bonds. The SMILES string of the molecule is CC(C)N(CC(F)(F)F)c1ccc(C=O)cc1. The normalized spacial score (nSPS) is 11.6. The quantitative estimate of drug-likeness (QED) is 0.759. The van der Waals surface area contributed by atoms with Crippen molar-refractivity contribution in [2.45, 2.75) is 26.1 Å². The predicted molar refractivity (Wildman–Crippen MR) is 60.4 cm³/mol. The molecule has 5 heteroatoms. The number of anilines is 1. The van der Waals surface area contributed by atoms with E-state index >= 15 is 0 Å². The Morgan fingerprint density at radius 1 is 1.24 bits per heavy atom. The van der Waals surface area contributed by atoms with Crippen LogP contribution in [0.1, 0.15) is 24.2 Å². The first-order valence-electron chi connectivity index (χ1n) is 5.22. The van der Waals surface area contributed by atoms with Gasteiger partial charge in [0.1, 0.15) is 12.8 Å². The molecule has 0 N–H and O–H groups in total. The highest BCUT2D eigenvalue weighted by molar-refractivity contribution is 5.75. The summed E-state index contributed by atoms with van der Waals surface area (Å²) in [4.78, 5) is 11.7. The minimum Gasteiger partial charge on any atom is -0.360 e. The Bertz CT molecular complexity index is 370. The number of carbonyl (C=O) groups excluding carboxylic acids is 1. The van der Waals surface area contributed by atoms with Crippen molar-refractivity contribution < 1.29 is 18.0 Å². The Kier molecular flexibility index (Phi) is 4.15. The second kappa shape index (κ2) is 5.21. The zero-order chi connectivity index (χ0) is 13.1. The maximum absolute atomic E-state index is 12.4. The summed E-state index contributed by atoms with van der Waals surface area (Å²) >= 11 is 0. The summed E-state index contributed by atoms with van der Waals surface area (Å²) in [6.07, 6.45) is -3.58. The molecule has 0 spiro atoms. The number of hydrogen-bond acceptors (Lipinski definition) is 2. The fourth-order valence-corrected chi connectivity index (χ4v) is 1.51. The summed E-state index contributed by atoms with van der Waals surface area (Å²) in [6.45, 7) is 2.39. The lowest BCUT2D eigenvalue weighted by Crippen LogP contribution is -2.39. The van der Waals surface area contributed by atoms with Crippen LogP contribution >= 0.6 is 0 Å². The summed E-state index contributed by atoms with van der Waals surface area (Å²) in [5, 5.41) is 0. The lowest BCUT2D eigenvalue weighted by atomic mass is 10.2. The third kappa shape index (κ3) is 4.09. The van der Waals surface area contributed by atoms with E-state index in [0.717, 1.165) is 0 Å². The third-order valence-electron chi connectivity index (χ3n) is 2.33. The molecule has 0 radical (unpaired) electrons. The van der Waals surface area contributed by atoms with E-state index in [1.165, 1.54) is 29.2 Å². The molecule has 0 atom stereocenters. The number of rotatable bonds is 4. The Labute approximate surface area is 98.0 Å². The van der Waals surface area contributed by atoms with Crippen LogP contribution in [0.3, 0.4) is 0 Å². The van der Waals surface area contributed by atoms with Crippen LogP contribution in [0.25, 0.3) is 0 Å². The Balaban J connectivity index is 2.93. The summed E-state index contributed by atoms with van der Waals surface area (Å²) in [5.41, 5.74) is 0.910. The number of nitrogens with zero attached hydrogens (tertiary/aromatic N) is 1. The van der Waals surface area contributed by atoms with Gasteiger partial charge in [-0.1, -0.05) is 0 Å². The standard InChI is InChI=1S/C12H14F3NO/c1-9(2)16(8-12(13,14)15)11-5-3-10(7-17)4-6-11/h3-7,9H,8H2,1-2H3. The van der Waals surface area contributed by atoms with Crippen molar-refractivity contribution in [1.29, 1.82) is 0 Å². The van der Waals surface area contributed by atoms with Crippen LogP contribution in [0.2, 0.25) is 0 Å². The van der Waals surface area contributed by atoms with Crippen LogP contribution in [0, 0.1) is 0 Å². The van der Waals surface area contributed by atoms with Crippen LogP contribution in [0.5, 0.6) is 0 Å². The number of benzene rings is 1. The third-order valence-corrected chi connectivity index (χ3v) is 2.33. The van der Waals surface area contributed by atoms with Gasteiger partial charge in [-0.05, 0) is 38.1 Å². The van der Waals surface area contributed by atoms with E-state index in [-0.39, 0.29) is 6.04 Å². The van der Waals surface area contributed by atoms with Crippen molar-refractivity contribution in [2.75, 3.05) is 11.4 Å². The number of halogens is 3. The van der Waals surface area contributed by atoms with Gasteiger partial charge in [-0.2, -0.15) is 13.2 Å². The molecular weight excluding hydrogens is 231 g/mol. The summed E-state index contributed by atoms with van der Waals surface area (Å²) in [5.74, 6) is 0. The molecule has 0 saturated heterocycles. The Morgan fingerprint density at radius 2 is 1.76 bits per heavy atom. The monoisotopic (exact) mass is 245 g/mol. The Hall–Kier alpha value is -1.52. The second-order valence-electron chi connectivity index (χ2n) is 4.05. The molecule has 0 aromatic heterocycles. The first kappa shape index (κ1) is 13.5. The number of aldehydes is 1. The maximum Gasteiger partial charge on any atom is 0.405 e. The first-order valence-corrected chi connectivity index (χ1v) is 5.22. The predicted octanol–water partition coefficient (Wildman–Crippen LogP) is 3.28.